The van der Waals surface area contributed by atoms with Crippen LogP contribution in [0, 0.1) is 0 Å². The summed E-state index contributed by atoms with van der Waals surface area (Å²) >= 11 is 0. The number of ether oxygens (including phenoxy) is 1. The zero-order chi connectivity index (χ0) is 12.5. The van der Waals surface area contributed by atoms with E-state index < -0.39 is 0 Å². The van der Waals surface area contributed by atoms with Gasteiger partial charge in [0.2, 0.25) is 5.91 Å². The van der Waals surface area contributed by atoms with Gasteiger partial charge in [-0.05, 0) is 13.3 Å². The van der Waals surface area contributed by atoms with Gasteiger partial charge in [0.05, 0.1) is 19.3 Å². The van der Waals surface area contributed by atoms with Crippen LogP contribution in [-0.2, 0) is 22.6 Å². The molecule has 1 rings (SSSR count). The second-order valence-corrected chi connectivity index (χ2v) is 3.50. The molecule has 3 N–H and O–H groups in total. The van der Waals surface area contributed by atoms with E-state index in [2.05, 4.69) is 15.6 Å². The van der Waals surface area contributed by atoms with Crippen molar-refractivity contribution in [1.29, 1.82) is 0 Å². The summed E-state index contributed by atoms with van der Waals surface area (Å²) in [5, 5.41) is 10.5. The zero-order valence-corrected chi connectivity index (χ0v) is 10.1. The van der Waals surface area contributed by atoms with Crippen molar-refractivity contribution in [2.75, 3.05) is 19.8 Å². The van der Waals surface area contributed by atoms with Crippen molar-refractivity contribution in [1.82, 2.24) is 20.3 Å². The summed E-state index contributed by atoms with van der Waals surface area (Å²) in [6.45, 7) is 4.53. The molecule has 0 radical (unpaired) electrons. The first-order valence-corrected chi connectivity index (χ1v) is 5.69. The fourth-order valence-corrected chi connectivity index (χ4v) is 1.26. The zero-order valence-electron chi connectivity index (χ0n) is 10.1. The van der Waals surface area contributed by atoms with Gasteiger partial charge in [0.15, 0.2) is 0 Å². The molecule has 1 aromatic rings. The Balaban J connectivity index is 2.25. The van der Waals surface area contributed by atoms with Gasteiger partial charge in [-0.25, -0.2) is 0 Å². The van der Waals surface area contributed by atoms with E-state index >= 15 is 0 Å². The van der Waals surface area contributed by atoms with Gasteiger partial charge in [-0.1, -0.05) is 5.21 Å². The van der Waals surface area contributed by atoms with Gasteiger partial charge in [0.25, 0.3) is 0 Å². The van der Waals surface area contributed by atoms with Crippen LogP contribution >= 0.6 is 0 Å². The van der Waals surface area contributed by atoms with Gasteiger partial charge in [0.1, 0.15) is 5.69 Å². The Morgan fingerprint density at radius 3 is 3.18 bits per heavy atom. The highest BCUT2D eigenvalue weighted by Gasteiger charge is 2.02. The number of hydrogen-bond acceptors (Lipinski definition) is 5. The Morgan fingerprint density at radius 1 is 1.65 bits per heavy atom. The molecule has 0 unspecified atom stereocenters. The number of amides is 1. The van der Waals surface area contributed by atoms with Crippen LogP contribution in [0.25, 0.3) is 0 Å². The maximum absolute atomic E-state index is 10.9. The topological polar surface area (TPSA) is 95.1 Å². The van der Waals surface area contributed by atoms with E-state index in [4.69, 9.17) is 10.5 Å². The smallest absolute Gasteiger partial charge is 0.234 e. The van der Waals surface area contributed by atoms with Gasteiger partial charge in [-0.3, -0.25) is 9.48 Å². The summed E-state index contributed by atoms with van der Waals surface area (Å²) < 4.78 is 6.96. The minimum atomic E-state index is -0.198. The third-order valence-corrected chi connectivity index (χ3v) is 2.12. The summed E-state index contributed by atoms with van der Waals surface area (Å²) in [6.07, 6.45) is 2.70. The summed E-state index contributed by atoms with van der Waals surface area (Å²) in [7, 11) is 0. The van der Waals surface area contributed by atoms with Crippen LogP contribution in [0.2, 0.25) is 0 Å². The van der Waals surface area contributed by atoms with Crippen LogP contribution in [0.15, 0.2) is 6.20 Å². The van der Waals surface area contributed by atoms with E-state index in [9.17, 15) is 4.79 Å². The van der Waals surface area contributed by atoms with Crippen molar-refractivity contribution in [3.8, 4) is 0 Å². The van der Waals surface area contributed by atoms with Crippen LogP contribution in [0.3, 0.4) is 0 Å². The predicted octanol–water partition coefficient (Wildman–Crippen LogP) is -0.720. The molecule has 0 atom stereocenters. The third-order valence-electron chi connectivity index (χ3n) is 2.12. The molecule has 1 heterocycles. The Morgan fingerprint density at radius 2 is 2.47 bits per heavy atom. The molecule has 0 saturated heterocycles. The minimum Gasteiger partial charge on any atom is -0.382 e. The van der Waals surface area contributed by atoms with E-state index in [1.165, 1.54) is 0 Å². The highest BCUT2D eigenvalue weighted by Crippen LogP contribution is 1.95. The molecule has 0 aliphatic carbocycles. The normalized spacial score (nSPS) is 10.5. The van der Waals surface area contributed by atoms with Crippen LogP contribution in [0.4, 0.5) is 0 Å². The molecule has 0 fully saturated rings. The summed E-state index contributed by atoms with van der Waals surface area (Å²) in [5.74, 6) is -0.198. The monoisotopic (exact) mass is 241 g/mol. The SMILES string of the molecule is CCOCCCn1cc(CNC(=O)CN)nn1. The van der Waals surface area contributed by atoms with E-state index in [1.807, 2.05) is 13.1 Å². The molecule has 17 heavy (non-hydrogen) atoms. The quantitative estimate of drug-likeness (QED) is 0.586. The number of nitrogens with two attached hydrogens (primary N) is 1. The molecular formula is C10H19N5O2. The molecule has 0 aliphatic heterocycles. The average Bonchev–Trinajstić information content (AvgIpc) is 2.79. The second-order valence-electron chi connectivity index (χ2n) is 3.50. The van der Waals surface area contributed by atoms with E-state index in [-0.39, 0.29) is 12.5 Å². The lowest BCUT2D eigenvalue weighted by Crippen LogP contribution is -2.29. The Kier molecular flexibility index (Phi) is 6.19. The standard InChI is InChI=1S/C10H19N5O2/c1-2-17-5-3-4-15-8-9(13-14-15)7-12-10(16)6-11/h8H,2-7,11H2,1H3,(H,12,16). The van der Waals surface area contributed by atoms with E-state index in [1.54, 1.807) is 4.68 Å². The minimum absolute atomic E-state index is 0.0114. The lowest BCUT2D eigenvalue weighted by atomic mass is 10.4. The molecule has 1 aromatic heterocycles. The maximum atomic E-state index is 10.9. The van der Waals surface area contributed by atoms with Crippen molar-refractivity contribution < 1.29 is 9.53 Å². The van der Waals surface area contributed by atoms with Crippen LogP contribution < -0.4 is 11.1 Å². The molecule has 1 amide bonds. The number of hydrogen-bond donors (Lipinski definition) is 2. The number of aryl methyl sites for hydroxylation is 1. The highest BCUT2D eigenvalue weighted by molar-refractivity contribution is 5.77. The first-order valence-electron chi connectivity index (χ1n) is 5.69. The van der Waals surface area contributed by atoms with Crippen molar-refractivity contribution in [3.05, 3.63) is 11.9 Å². The predicted molar refractivity (Wildman–Crippen MR) is 62.0 cm³/mol. The number of nitrogens with one attached hydrogen (secondary N) is 1. The van der Waals surface area contributed by atoms with Gasteiger partial charge >= 0.3 is 0 Å². The van der Waals surface area contributed by atoms with Crippen LogP contribution in [0.1, 0.15) is 19.0 Å². The highest BCUT2D eigenvalue weighted by atomic mass is 16.5. The molecule has 7 heteroatoms. The first-order chi connectivity index (χ1) is 8.26. The molecule has 7 nitrogen and oxygen atoms in total. The summed E-state index contributed by atoms with van der Waals surface area (Å²) in [5.41, 5.74) is 5.89. The number of rotatable bonds is 8. The van der Waals surface area contributed by atoms with Crippen LogP contribution in [-0.4, -0.2) is 40.7 Å². The van der Waals surface area contributed by atoms with Gasteiger partial charge in [0, 0.05) is 19.8 Å². The lowest BCUT2D eigenvalue weighted by molar-refractivity contribution is -0.119. The lowest BCUT2D eigenvalue weighted by Gasteiger charge is -2.00. The Labute approximate surface area is 100 Å². The largest absolute Gasteiger partial charge is 0.382 e. The first kappa shape index (κ1) is 13.6. The molecule has 0 aliphatic rings. The second kappa shape index (κ2) is 7.75. The van der Waals surface area contributed by atoms with Gasteiger partial charge in [-0.2, -0.15) is 0 Å². The molecule has 0 bridgehead atoms. The Bertz CT molecular complexity index is 339. The van der Waals surface area contributed by atoms with Gasteiger partial charge < -0.3 is 15.8 Å². The number of carbonyl (C=O) groups is 1. The molecule has 0 spiro atoms. The number of aromatic nitrogens is 3. The third kappa shape index (κ3) is 5.41. The Hall–Kier alpha value is -1.47. The summed E-state index contributed by atoms with van der Waals surface area (Å²) in [6, 6.07) is 0. The average molecular weight is 241 g/mol. The molecule has 0 aromatic carbocycles. The van der Waals surface area contributed by atoms with Gasteiger partial charge in [-0.15, -0.1) is 5.10 Å². The molecular weight excluding hydrogens is 222 g/mol. The maximum Gasteiger partial charge on any atom is 0.234 e. The van der Waals surface area contributed by atoms with Crippen molar-refractivity contribution in [2.24, 2.45) is 5.73 Å². The van der Waals surface area contributed by atoms with Crippen LogP contribution in [0.5, 0.6) is 0 Å². The molecule has 96 valence electrons. The van der Waals surface area contributed by atoms with Crippen molar-refractivity contribution >= 4 is 5.91 Å². The van der Waals surface area contributed by atoms with E-state index in [0.29, 0.717) is 6.54 Å². The van der Waals surface area contributed by atoms with Crippen molar-refractivity contribution in [3.63, 3.8) is 0 Å². The fourth-order valence-electron chi connectivity index (χ4n) is 1.26. The number of carbonyl (C=O) groups excluding carboxylic acids is 1. The van der Waals surface area contributed by atoms with E-state index in [0.717, 1.165) is 31.9 Å². The molecule has 0 saturated carbocycles. The number of nitrogens with zero attached hydrogens (tertiary/aromatic N) is 3. The summed E-state index contributed by atoms with van der Waals surface area (Å²) in [4.78, 5) is 10.9. The fraction of sp³-hybridized carbons (Fsp3) is 0.700. The van der Waals surface area contributed by atoms with Crippen molar-refractivity contribution in [2.45, 2.75) is 26.4 Å².